The van der Waals surface area contributed by atoms with Crippen LogP contribution in [-0.4, -0.2) is 62.3 Å². The molecule has 1 aliphatic heterocycles. The van der Waals surface area contributed by atoms with Crippen LogP contribution in [0.25, 0.3) is 0 Å². The molecule has 12 nitrogen and oxygen atoms in total. The Morgan fingerprint density at radius 3 is 2.55 bits per heavy atom. The van der Waals surface area contributed by atoms with E-state index >= 15 is 0 Å². The average Bonchev–Trinajstić information content (AvgIpc) is 2.96. The van der Waals surface area contributed by atoms with Crippen LogP contribution in [0.4, 0.5) is 16.3 Å². The van der Waals surface area contributed by atoms with Crippen molar-refractivity contribution < 1.29 is 24.5 Å². The van der Waals surface area contributed by atoms with Gasteiger partial charge in [0, 0.05) is 24.5 Å². The van der Waals surface area contributed by atoms with Crippen LogP contribution in [0.1, 0.15) is 56.3 Å². The van der Waals surface area contributed by atoms with Gasteiger partial charge >= 0.3 is 12.1 Å². The summed E-state index contributed by atoms with van der Waals surface area (Å²) >= 11 is 0. The number of rotatable bonds is 11. The normalized spacial score (nSPS) is 19.0. The van der Waals surface area contributed by atoms with Crippen LogP contribution in [-0.2, 0) is 22.5 Å². The molecule has 0 spiro atoms. The number of benzene rings is 2. The van der Waals surface area contributed by atoms with Crippen molar-refractivity contribution in [2.45, 2.75) is 63.8 Å². The summed E-state index contributed by atoms with van der Waals surface area (Å²) in [7, 11) is 0. The molecule has 4 rings (SSSR count). The Bertz CT molecular complexity index is 1520. The Balaban J connectivity index is 1.40. The zero-order chi connectivity index (χ0) is 31.9. The van der Waals surface area contributed by atoms with Crippen LogP contribution in [0.3, 0.4) is 0 Å². The molecule has 1 fully saturated rings. The Labute approximate surface area is 256 Å². The number of ether oxygens (including phenoxy) is 1. The van der Waals surface area contributed by atoms with Crippen molar-refractivity contribution in [3.63, 3.8) is 0 Å². The zero-order valence-electron chi connectivity index (χ0n) is 25.2. The summed E-state index contributed by atoms with van der Waals surface area (Å²) in [5.74, 6) is -1.59. The van der Waals surface area contributed by atoms with Crippen LogP contribution in [0.2, 0.25) is 0 Å². The summed E-state index contributed by atoms with van der Waals surface area (Å²) in [4.78, 5) is 41.4. The number of carbonyl (C=O) groups excluding carboxylic acids is 1. The Kier molecular flexibility index (Phi) is 10.2. The fourth-order valence-electron chi connectivity index (χ4n) is 5.17. The van der Waals surface area contributed by atoms with E-state index in [1.54, 1.807) is 20.8 Å². The van der Waals surface area contributed by atoms with Gasteiger partial charge in [-0.25, -0.2) is 9.78 Å². The molecule has 3 atom stereocenters. The highest BCUT2D eigenvalue weighted by atomic mass is 16.6. The molecule has 0 bridgehead atoms. The highest BCUT2D eigenvalue weighted by molar-refractivity contribution is 5.85. The number of carboxylic acid groups (broad SMARTS) is 1. The molecule has 2 heterocycles. The van der Waals surface area contributed by atoms with Gasteiger partial charge in [-0.15, -0.1) is 0 Å². The van der Waals surface area contributed by atoms with Crippen molar-refractivity contribution in [2.24, 2.45) is 5.92 Å². The maximum Gasteiger partial charge on any atom is 0.407 e. The summed E-state index contributed by atoms with van der Waals surface area (Å²) in [5.41, 5.74) is 0.242. The first kappa shape index (κ1) is 32.4. The van der Waals surface area contributed by atoms with Crippen molar-refractivity contribution in [1.82, 2.24) is 20.2 Å². The molecule has 6 N–H and O–H groups in total. The van der Waals surface area contributed by atoms with E-state index in [1.165, 1.54) is 10.9 Å². The number of nitrogens with zero attached hydrogens (tertiary/aromatic N) is 2. The third kappa shape index (κ3) is 8.74. The van der Waals surface area contributed by atoms with E-state index in [9.17, 15) is 24.6 Å². The van der Waals surface area contributed by atoms with Crippen LogP contribution in [0.5, 0.6) is 0 Å². The number of hydrogen-bond donors (Lipinski definition) is 6. The minimum absolute atomic E-state index is 0.0203. The smallest absolute Gasteiger partial charge is 0.407 e. The van der Waals surface area contributed by atoms with Gasteiger partial charge in [-0.2, -0.15) is 0 Å². The van der Waals surface area contributed by atoms with Gasteiger partial charge in [0.1, 0.15) is 17.0 Å². The molecule has 3 aromatic rings. The summed E-state index contributed by atoms with van der Waals surface area (Å²) in [6.07, 6.45) is 2.66. The summed E-state index contributed by atoms with van der Waals surface area (Å²) in [5, 5.41) is 38.1. The predicted molar refractivity (Wildman–Crippen MR) is 167 cm³/mol. The molecule has 1 amide bonds. The maximum absolute atomic E-state index is 13.2. The molecule has 2 aromatic carbocycles. The zero-order valence-corrected chi connectivity index (χ0v) is 25.2. The molecule has 0 aliphatic carbocycles. The van der Waals surface area contributed by atoms with E-state index < -0.39 is 34.7 Å². The number of hydrogen-bond acceptors (Lipinski definition) is 9. The van der Waals surface area contributed by atoms with Crippen molar-refractivity contribution in [2.75, 3.05) is 18.4 Å². The third-order valence-corrected chi connectivity index (χ3v) is 7.39. The van der Waals surface area contributed by atoms with Crippen molar-refractivity contribution in [3.8, 4) is 0 Å². The molecule has 2 unspecified atom stereocenters. The number of amides is 1. The van der Waals surface area contributed by atoms with E-state index in [0.29, 0.717) is 19.4 Å². The van der Waals surface area contributed by atoms with E-state index in [0.717, 1.165) is 23.0 Å². The minimum atomic E-state index is -1.20. The van der Waals surface area contributed by atoms with Crippen molar-refractivity contribution in [3.05, 3.63) is 88.0 Å². The van der Waals surface area contributed by atoms with E-state index in [4.69, 9.17) is 10.1 Å². The van der Waals surface area contributed by atoms with Gasteiger partial charge in [0.2, 0.25) is 0 Å². The quantitative estimate of drug-likeness (QED) is 0.178. The highest BCUT2D eigenvalue weighted by Crippen LogP contribution is 2.32. The monoisotopic (exact) mass is 604 g/mol. The molecule has 12 heteroatoms. The molecule has 234 valence electrons. The number of nitrogens with one attached hydrogen (secondary N) is 4. The topological polar surface area (TPSA) is 179 Å². The predicted octanol–water partition coefficient (Wildman–Crippen LogP) is 3.61. The minimum Gasteiger partial charge on any atom is -0.481 e. The summed E-state index contributed by atoms with van der Waals surface area (Å²) in [6.45, 7) is 5.68. The lowest BCUT2D eigenvalue weighted by Gasteiger charge is -2.38. The number of anilines is 2. The largest absolute Gasteiger partial charge is 0.481 e. The summed E-state index contributed by atoms with van der Waals surface area (Å²) in [6, 6.07) is 16.5. The second-order valence-corrected chi connectivity index (χ2v) is 12.1. The van der Waals surface area contributed by atoms with Crippen LogP contribution in [0.15, 0.2) is 65.7 Å². The fourth-order valence-corrected chi connectivity index (χ4v) is 5.17. The van der Waals surface area contributed by atoms with E-state index in [-0.39, 0.29) is 36.9 Å². The lowest BCUT2D eigenvalue weighted by molar-refractivity contribution is -0.141. The number of aromatic nitrogens is 2. The first-order valence-electron chi connectivity index (χ1n) is 14.5. The molecule has 0 saturated carbocycles. The molecular weight excluding hydrogens is 564 g/mol. The van der Waals surface area contributed by atoms with Gasteiger partial charge in [0.25, 0.3) is 5.56 Å². The SMILES string of the molecule is CC(C)(C)OC(=O)NC[C@H](Cc1ccc(C2CC(O)(Cn3cnc(Nc4ccccc4)c(C=N)c3=O)CCN2)cc1)C(=O)O. The number of para-hydroxylation sites is 1. The van der Waals surface area contributed by atoms with E-state index in [1.807, 2.05) is 54.6 Å². The van der Waals surface area contributed by atoms with Gasteiger partial charge in [-0.1, -0.05) is 42.5 Å². The van der Waals surface area contributed by atoms with Gasteiger partial charge < -0.3 is 36.3 Å². The second kappa shape index (κ2) is 13.8. The van der Waals surface area contributed by atoms with Crippen LogP contribution >= 0.6 is 0 Å². The number of piperidine rings is 1. The number of aliphatic carboxylic acids is 1. The first-order chi connectivity index (χ1) is 20.9. The van der Waals surface area contributed by atoms with Crippen molar-refractivity contribution >= 4 is 29.8 Å². The van der Waals surface area contributed by atoms with Crippen LogP contribution in [0, 0.1) is 11.3 Å². The van der Waals surface area contributed by atoms with E-state index in [2.05, 4.69) is 20.9 Å². The average molecular weight is 605 g/mol. The lowest BCUT2D eigenvalue weighted by atomic mass is 9.84. The Morgan fingerprint density at radius 1 is 1.20 bits per heavy atom. The molecule has 1 saturated heterocycles. The number of aliphatic hydroxyl groups is 1. The van der Waals surface area contributed by atoms with Crippen molar-refractivity contribution in [1.29, 1.82) is 5.41 Å². The van der Waals surface area contributed by atoms with Gasteiger partial charge in [0.05, 0.1) is 24.4 Å². The Morgan fingerprint density at radius 2 is 1.91 bits per heavy atom. The molecule has 44 heavy (non-hydrogen) atoms. The number of carboxylic acids is 1. The molecular formula is C32H40N6O6. The summed E-state index contributed by atoms with van der Waals surface area (Å²) < 4.78 is 6.54. The van der Waals surface area contributed by atoms with Gasteiger partial charge in [-0.3, -0.25) is 14.2 Å². The molecule has 0 radical (unpaired) electrons. The second-order valence-electron chi connectivity index (χ2n) is 12.1. The van der Waals surface area contributed by atoms with Gasteiger partial charge in [-0.05, 0) is 69.8 Å². The lowest BCUT2D eigenvalue weighted by Crippen LogP contribution is -2.48. The number of carbonyl (C=O) groups is 2. The third-order valence-electron chi connectivity index (χ3n) is 7.39. The first-order valence-corrected chi connectivity index (χ1v) is 14.5. The fraction of sp³-hybridized carbons (Fsp3) is 0.406. The molecule has 1 aromatic heterocycles. The standard InChI is InChI=1S/C32H40N6O6/c1-31(2,3)44-30(42)35-18-23(29(40)41)15-21-9-11-22(12-10-21)26-16-32(43,13-14-34-26)19-38-20-36-27(25(17-33)28(38)39)37-24-7-5-4-6-8-24/h4-12,17,20,23,26,33-34,37,43H,13-16,18-19H2,1-3H3,(H,35,42)(H,40,41)/t23-,26?,32?/m0/s1. The highest BCUT2D eigenvalue weighted by Gasteiger charge is 2.36. The van der Waals surface area contributed by atoms with Crippen LogP contribution < -0.4 is 21.5 Å². The number of alkyl carbamates (subject to hydrolysis) is 1. The van der Waals surface area contributed by atoms with Gasteiger partial charge in [0.15, 0.2) is 0 Å². The molecule has 1 aliphatic rings. The maximum atomic E-state index is 13.2. The Hall–Kier alpha value is -4.55.